The first-order valence-electron chi connectivity index (χ1n) is 9.36. The van der Waals surface area contributed by atoms with E-state index in [1.165, 1.54) is 18.4 Å². The average Bonchev–Trinajstić information content (AvgIpc) is 3.02. The van der Waals surface area contributed by atoms with E-state index in [0.29, 0.717) is 17.9 Å². The van der Waals surface area contributed by atoms with Gasteiger partial charge in [-0.15, -0.1) is 0 Å². The van der Waals surface area contributed by atoms with E-state index >= 15 is 0 Å². The number of hydrogen-bond donors (Lipinski definition) is 1. The van der Waals surface area contributed by atoms with Gasteiger partial charge in [0.25, 0.3) is 0 Å². The van der Waals surface area contributed by atoms with Crippen LogP contribution in [0.2, 0.25) is 0 Å². The lowest BCUT2D eigenvalue weighted by Crippen LogP contribution is -2.60. The molecule has 1 unspecified atom stereocenters. The highest BCUT2D eigenvalue weighted by molar-refractivity contribution is 5.73. The zero-order valence-electron chi connectivity index (χ0n) is 15.0. The molecule has 1 amide bonds. The van der Waals surface area contributed by atoms with Gasteiger partial charge in [-0.25, -0.2) is 0 Å². The Morgan fingerprint density at radius 2 is 2.04 bits per heavy atom. The van der Waals surface area contributed by atoms with Crippen LogP contribution in [0, 0.1) is 22.7 Å². The molecule has 3 fully saturated rings. The fraction of sp³-hybridized carbons (Fsp3) is 0.667. The van der Waals surface area contributed by atoms with E-state index in [2.05, 4.69) is 49.5 Å². The SMILES string of the molecule is CC(=O)N[C@@H]1C(C)(C)[C@@H]2C[C@@H]3[C@@H](Cc4ccccc4)OCCC31C2. The second kappa shape index (κ2) is 5.59. The van der Waals surface area contributed by atoms with Gasteiger partial charge in [0.2, 0.25) is 5.91 Å². The minimum Gasteiger partial charge on any atom is -0.378 e. The van der Waals surface area contributed by atoms with Gasteiger partial charge in [0.15, 0.2) is 0 Å². The minimum absolute atomic E-state index is 0.111. The number of fused-ring (bicyclic) bond motifs is 1. The number of benzene rings is 1. The van der Waals surface area contributed by atoms with Crippen LogP contribution in [0.1, 0.15) is 45.6 Å². The molecule has 1 aliphatic heterocycles. The number of rotatable bonds is 3. The molecule has 2 aliphatic carbocycles. The van der Waals surface area contributed by atoms with Crippen LogP contribution in [0.4, 0.5) is 0 Å². The fourth-order valence-electron chi connectivity index (χ4n) is 6.16. The van der Waals surface area contributed by atoms with Gasteiger partial charge in [-0.2, -0.15) is 0 Å². The number of nitrogens with one attached hydrogen (secondary N) is 1. The third-order valence-electron chi connectivity index (χ3n) is 7.25. The van der Waals surface area contributed by atoms with Gasteiger partial charge in [-0.1, -0.05) is 44.2 Å². The topological polar surface area (TPSA) is 38.3 Å². The summed E-state index contributed by atoms with van der Waals surface area (Å²) in [5, 5.41) is 3.34. The molecule has 2 bridgehead atoms. The lowest BCUT2D eigenvalue weighted by atomic mass is 9.59. The minimum atomic E-state index is 0.111. The molecule has 4 rings (SSSR count). The van der Waals surface area contributed by atoms with Crippen molar-refractivity contribution in [3.8, 4) is 0 Å². The van der Waals surface area contributed by atoms with E-state index in [-0.39, 0.29) is 22.8 Å². The molecule has 3 aliphatic rings. The Morgan fingerprint density at radius 1 is 1.29 bits per heavy atom. The number of hydrogen-bond acceptors (Lipinski definition) is 2. The summed E-state index contributed by atoms with van der Waals surface area (Å²) < 4.78 is 6.25. The average molecular weight is 327 g/mol. The van der Waals surface area contributed by atoms with Gasteiger partial charge in [0, 0.05) is 19.6 Å². The van der Waals surface area contributed by atoms with Crippen molar-refractivity contribution in [1.29, 1.82) is 0 Å². The standard InChI is InChI=1S/C21H29NO2/c1-14(23)22-19-20(2,3)16-12-17-18(11-15-7-5-4-6-8-15)24-10-9-21(17,19)13-16/h4-8,16-19H,9-13H2,1-3H3,(H,22,23)/t16-,17-,18-,19-,21?/m1/s1. The second-order valence-electron chi connectivity index (χ2n) is 8.78. The van der Waals surface area contributed by atoms with Crippen molar-refractivity contribution in [1.82, 2.24) is 5.32 Å². The van der Waals surface area contributed by atoms with Crippen molar-refractivity contribution >= 4 is 5.91 Å². The van der Waals surface area contributed by atoms with Crippen molar-refractivity contribution in [2.24, 2.45) is 22.7 Å². The van der Waals surface area contributed by atoms with Gasteiger partial charge in [-0.3, -0.25) is 4.79 Å². The van der Waals surface area contributed by atoms with E-state index in [9.17, 15) is 4.79 Å². The van der Waals surface area contributed by atoms with Crippen LogP contribution in [0.15, 0.2) is 30.3 Å². The number of ether oxygens (including phenoxy) is 1. The van der Waals surface area contributed by atoms with Crippen molar-refractivity contribution in [3.05, 3.63) is 35.9 Å². The predicted molar refractivity (Wildman–Crippen MR) is 94.5 cm³/mol. The third-order valence-corrected chi connectivity index (χ3v) is 7.25. The van der Waals surface area contributed by atoms with Crippen LogP contribution in [0.25, 0.3) is 0 Å². The van der Waals surface area contributed by atoms with Crippen LogP contribution in [0.3, 0.4) is 0 Å². The van der Waals surface area contributed by atoms with Crippen LogP contribution in [-0.4, -0.2) is 24.7 Å². The maximum atomic E-state index is 11.9. The van der Waals surface area contributed by atoms with Crippen molar-refractivity contribution in [3.63, 3.8) is 0 Å². The van der Waals surface area contributed by atoms with Gasteiger partial charge >= 0.3 is 0 Å². The molecule has 1 saturated heterocycles. The fourth-order valence-corrected chi connectivity index (χ4v) is 6.16. The molecule has 1 aromatic rings. The van der Waals surface area contributed by atoms with Gasteiger partial charge in [-0.05, 0) is 53.9 Å². The van der Waals surface area contributed by atoms with E-state index in [1.807, 2.05) is 0 Å². The molecule has 1 spiro atoms. The number of carbonyl (C=O) groups excluding carboxylic acids is 1. The highest BCUT2D eigenvalue weighted by Crippen LogP contribution is 2.68. The zero-order chi connectivity index (χ0) is 16.9. The Bertz CT molecular complexity index is 626. The van der Waals surface area contributed by atoms with Crippen LogP contribution < -0.4 is 5.32 Å². The third kappa shape index (κ3) is 2.32. The Kier molecular flexibility index (Phi) is 3.76. The summed E-state index contributed by atoms with van der Waals surface area (Å²) >= 11 is 0. The summed E-state index contributed by atoms with van der Waals surface area (Å²) in [6.45, 7) is 7.19. The van der Waals surface area contributed by atoms with E-state index in [1.54, 1.807) is 6.92 Å². The molecule has 0 aromatic heterocycles. The largest absolute Gasteiger partial charge is 0.378 e. The Morgan fingerprint density at radius 3 is 2.75 bits per heavy atom. The van der Waals surface area contributed by atoms with E-state index in [4.69, 9.17) is 4.74 Å². The molecule has 1 aromatic carbocycles. The second-order valence-corrected chi connectivity index (χ2v) is 8.78. The Hall–Kier alpha value is -1.35. The highest BCUT2D eigenvalue weighted by Gasteiger charge is 2.68. The normalized spacial score (nSPS) is 39.5. The monoisotopic (exact) mass is 327 g/mol. The molecule has 0 radical (unpaired) electrons. The van der Waals surface area contributed by atoms with Crippen LogP contribution >= 0.6 is 0 Å². The predicted octanol–water partition coefficient (Wildman–Crippen LogP) is 3.58. The molecule has 24 heavy (non-hydrogen) atoms. The summed E-state index contributed by atoms with van der Waals surface area (Å²) in [7, 11) is 0. The van der Waals surface area contributed by atoms with Crippen molar-refractivity contribution < 1.29 is 9.53 Å². The summed E-state index contributed by atoms with van der Waals surface area (Å²) in [4.78, 5) is 11.9. The lowest BCUT2D eigenvalue weighted by Gasteiger charge is -2.53. The first kappa shape index (κ1) is 16.1. The highest BCUT2D eigenvalue weighted by atomic mass is 16.5. The quantitative estimate of drug-likeness (QED) is 0.921. The summed E-state index contributed by atoms with van der Waals surface area (Å²) in [6.07, 6.45) is 4.88. The molecular formula is C21H29NO2. The molecule has 1 heterocycles. The first-order chi connectivity index (χ1) is 11.4. The lowest BCUT2D eigenvalue weighted by molar-refractivity contribution is -0.134. The molecule has 3 nitrogen and oxygen atoms in total. The van der Waals surface area contributed by atoms with Gasteiger partial charge in [0.1, 0.15) is 0 Å². The van der Waals surface area contributed by atoms with E-state index in [0.717, 1.165) is 19.4 Å². The molecule has 3 heteroatoms. The van der Waals surface area contributed by atoms with Gasteiger partial charge in [0.05, 0.1) is 6.10 Å². The molecular weight excluding hydrogens is 298 g/mol. The number of amides is 1. The maximum absolute atomic E-state index is 11.9. The van der Waals surface area contributed by atoms with E-state index < -0.39 is 0 Å². The van der Waals surface area contributed by atoms with Crippen molar-refractivity contribution in [2.75, 3.05) is 6.61 Å². The molecule has 2 saturated carbocycles. The summed E-state index contributed by atoms with van der Waals surface area (Å²) in [5.74, 6) is 1.38. The zero-order valence-corrected chi connectivity index (χ0v) is 15.0. The van der Waals surface area contributed by atoms with Gasteiger partial charge < -0.3 is 10.1 Å². The van der Waals surface area contributed by atoms with Crippen LogP contribution in [0.5, 0.6) is 0 Å². The first-order valence-corrected chi connectivity index (χ1v) is 9.36. The number of carbonyl (C=O) groups is 1. The summed E-state index contributed by atoms with van der Waals surface area (Å²) in [6, 6.07) is 11.0. The maximum Gasteiger partial charge on any atom is 0.217 e. The molecule has 5 atom stereocenters. The summed E-state index contributed by atoms with van der Waals surface area (Å²) in [5.41, 5.74) is 1.78. The van der Waals surface area contributed by atoms with Crippen molar-refractivity contribution in [2.45, 2.75) is 58.6 Å². The Labute approximate surface area is 145 Å². The van der Waals surface area contributed by atoms with Crippen LogP contribution in [-0.2, 0) is 16.0 Å². The molecule has 130 valence electrons. The Balaban J connectivity index is 1.62. The smallest absolute Gasteiger partial charge is 0.217 e. The molecule has 1 N–H and O–H groups in total.